The van der Waals surface area contributed by atoms with Crippen molar-refractivity contribution in [2.45, 2.75) is 19.4 Å². The van der Waals surface area contributed by atoms with E-state index in [9.17, 15) is 9.59 Å². The fourth-order valence-electron chi connectivity index (χ4n) is 4.74. The van der Waals surface area contributed by atoms with Crippen molar-refractivity contribution in [1.82, 2.24) is 24.3 Å². The van der Waals surface area contributed by atoms with Gasteiger partial charge >= 0.3 is 0 Å². The normalized spacial score (nSPS) is 16.9. The van der Waals surface area contributed by atoms with Gasteiger partial charge in [0.25, 0.3) is 11.8 Å². The molecule has 8 nitrogen and oxygen atoms in total. The van der Waals surface area contributed by atoms with Crippen LogP contribution in [0.5, 0.6) is 5.75 Å². The standard InChI is InChI=1S/C26H31N5O3/c1-28-23-10-9-20(26(33)31-11-5-6-12-31)17-22(23)27-24(28)18-29-13-15-30(16-14-29)25(32)19-34-21-7-3-2-4-8-21/h2-4,7-10,17H,5-6,11-16,18-19H2,1H3. The molecule has 178 valence electrons. The Morgan fingerprint density at radius 2 is 1.65 bits per heavy atom. The molecule has 0 bridgehead atoms. The van der Waals surface area contributed by atoms with E-state index in [0.717, 1.165) is 55.9 Å². The van der Waals surface area contributed by atoms with Crippen LogP contribution in [0.1, 0.15) is 29.0 Å². The summed E-state index contributed by atoms with van der Waals surface area (Å²) in [6, 6.07) is 15.3. The fourth-order valence-corrected chi connectivity index (χ4v) is 4.74. The number of fused-ring (bicyclic) bond motifs is 1. The smallest absolute Gasteiger partial charge is 0.260 e. The Hall–Kier alpha value is -3.39. The molecule has 2 aromatic carbocycles. The van der Waals surface area contributed by atoms with Gasteiger partial charge in [-0.15, -0.1) is 0 Å². The van der Waals surface area contributed by atoms with Gasteiger partial charge in [-0.2, -0.15) is 0 Å². The van der Waals surface area contributed by atoms with Crippen LogP contribution in [0.3, 0.4) is 0 Å². The van der Waals surface area contributed by atoms with Gasteiger partial charge in [0.05, 0.1) is 17.6 Å². The zero-order valence-corrected chi connectivity index (χ0v) is 19.7. The number of rotatable bonds is 6. The zero-order chi connectivity index (χ0) is 23.5. The van der Waals surface area contributed by atoms with Crippen LogP contribution in [-0.2, 0) is 18.4 Å². The van der Waals surface area contributed by atoms with E-state index in [1.54, 1.807) is 0 Å². The fraction of sp³-hybridized carbons (Fsp3) is 0.423. The van der Waals surface area contributed by atoms with Gasteiger partial charge in [-0.1, -0.05) is 18.2 Å². The second-order valence-electron chi connectivity index (χ2n) is 9.05. The van der Waals surface area contributed by atoms with Crippen LogP contribution in [0.4, 0.5) is 0 Å². The molecule has 0 unspecified atom stereocenters. The monoisotopic (exact) mass is 461 g/mol. The molecule has 2 aliphatic heterocycles. The second-order valence-corrected chi connectivity index (χ2v) is 9.05. The molecule has 0 radical (unpaired) electrons. The number of amides is 2. The summed E-state index contributed by atoms with van der Waals surface area (Å²) in [7, 11) is 2.02. The van der Waals surface area contributed by atoms with Crippen LogP contribution >= 0.6 is 0 Å². The Kier molecular flexibility index (Phi) is 6.49. The lowest BCUT2D eigenvalue weighted by molar-refractivity contribution is -0.135. The number of nitrogens with zero attached hydrogens (tertiary/aromatic N) is 5. The van der Waals surface area contributed by atoms with Crippen molar-refractivity contribution in [3.63, 3.8) is 0 Å². The Morgan fingerprint density at radius 3 is 2.38 bits per heavy atom. The van der Waals surface area contributed by atoms with Crippen molar-refractivity contribution in [2.24, 2.45) is 7.05 Å². The van der Waals surface area contributed by atoms with E-state index < -0.39 is 0 Å². The first kappa shape index (κ1) is 22.4. The number of carbonyl (C=O) groups is 2. The number of aryl methyl sites for hydroxylation is 1. The quantitative estimate of drug-likeness (QED) is 0.564. The van der Waals surface area contributed by atoms with Gasteiger partial charge in [0, 0.05) is 51.9 Å². The molecular formula is C26H31N5O3. The van der Waals surface area contributed by atoms with Crippen molar-refractivity contribution in [3.05, 3.63) is 59.9 Å². The van der Waals surface area contributed by atoms with E-state index in [-0.39, 0.29) is 18.4 Å². The van der Waals surface area contributed by atoms with Gasteiger partial charge in [-0.3, -0.25) is 14.5 Å². The van der Waals surface area contributed by atoms with Gasteiger partial charge in [0.1, 0.15) is 11.6 Å². The first-order valence-electron chi connectivity index (χ1n) is 12.0. The number of hydrogen-bond acceptors (Lipinski definition) is 5. The highest BCUT2D eigenvalue weighted by Crippen LogP contribution is 2.21. The predicted molar refractivity (Wildman–Crippen MR) is 130 cm³/mol. The van der Waals surface area contributed by atoms with Crippen molar-refractivity contribution in [1.29, 1.82) is 0 Å². The van der Waals surface area contributed by atoms with Crippen LogP contribution in [0.25, 0.3) is 11.0 Å². The molecular weight excluding hydrogens is 430 g/mol. The maximum absolute atomic E-state index is 12.8. The van der Waals surface area contributed by atoms with Gasteiger partial charge in [0.15, 0.2) is 6.61 Å². The number of piperazine rings is 1. The van der Waals surface area contributed by atoms with Crippen molar-refractivity contribution in [3.8, 4) is 5.75 Å². The number of aromatic nitrogens is 2. The predicted octanol–water partition coefficient (Wildman–Crippen LogP) is 2.53. The SMILES string of the molecule is Cn1c(CN2CCN(C(=O)COc3ccccc3)CC2)nc2cc(C(=O)N3CCCC3)ccc21. The number of ether oxygens (including phenoxy) is 1. The minimum absolute atomic E-state index is 0.0152. The number of para-hydroxylation sites is 1. The summed E-state index contributed by atoms with van der Waals surface area (Å²) < 4.78 is 7.71. The maximum Gasteiger partial charge on any atom is 0.260 e. The molecule has 3 aromatic rings. The molecule has 34 heavy (non-hydrogen) atoms. The zero-order valence-electron chi connectivity index (χ0n) is 19.7. The maximum atomic E-state index is 12.8. The molecule has 3 heterocycles. The molecule has 0 atom stereocenters. The molecule has 5 rings (SSSR count). The molecule has 2 saturated heterocycles. The second kappa shape index (κ2) is 9.85. The molecule has 2 fully saturated rings. The third kappa shape index (κ3) is 4.77. The molecule has 2 amide bonds. The number of hydrogen-bond donors (Lipinski definition) is 0. The van der Waals surface area contributed by atoms with Gasteiger partial charge in [0.2, 0.25) is 0 Å². The average Bonchev–Trinajstić information content (AvgIpc) is 3.52. The number of benzene rings is 2. The van der Waals surface area contributed by atoms with Crippen LogP contribution in [0.2, 0.25) is 0 Å². The lowest BCUT2D eigenvalue weighted by Gasteiger charge is -2.34. The van der Waals surface area contributed by atoms with E-state index in [1.165, 1.54) is 0 Å². The molecule has 0 aliphatic carbocycles. The molecule has 1 aromatic heterocycles. The minimum atomic E-state index is 0.0152. The van der Waals surface area contributed by atoms with E-state index in [2.05, 4.69) is 9.47 Å². The highest BCUT2D eigenvalue weighted by molar-refractivity contribution is 5.97. The summed E-state index contributed by atoms with van der Waals surface area (Å²) in [6.45, 7) is 5.40. The lowest BCUT2D eigenvalue weighted by Crippen LogP contribution is -2.49. The Balaban J connectivity index is 1.17. The summed E-state index contributed by atoms with van der Waals surface area (Å²) in [6.07, 6.45) is 2.17. The van der Waals surface area contributed by atoms with Gasteiger partial charge in [-0.05, 0) is 43.2 Å². The summed E-state index contributed by atoms with van der Waals surface area (Å²) in [5.41, 5.74) is 2.60. The highest BCUT2D eigenvalue weighted by atomic mass is 16.5. The van der Waals surface area contributed by atoms with E-state index in [1.807, 2.05) is 65.4 Å². The van der Waals surface area contributed by atoms with E-state index >= 15 is 0 Å². The number of carbonyl (C=O) groups excluding carboxylic acids is 2. The van der Waals surface area contributed by atoms with Crippen molar-refractivity contribution < 1.29 is 14.3 Å². The van der Waals surface area contributed by atoms with Gasteiger partial charge < -0.3 is 19.1 Å². The highest BCUT2D eigenvalue weighted by Gasteiger charge is 2.24. The minimum Gasteiger partial charge on any atom is -0.484 e. The van der Waals surface area contributed by atoms with E-state index in [0.29, 0.717) is 30.9 Å². The molecule has 0 N–H and O–H groups in total. The average molecular weight is 462 g/mol. The van der Waals surface area contributed by atoms with Crippen LogP contribution in [-0.4, -0.2) is 81.9 Å². The first-order chi connectivity index (χ1) is 16.6. The lowest BCUT2D eigenvalue weighted by atomic mass is 10.2. The molecule has 0 saturated carbocycles. The molecule has 0 spiro atoms. The van der Waals surface area contributed by atoms with Crippen LogP contribution < -0.4 is 4.74 Å². The largest absolute Gasteiger partial charge is 0.484 e. The number of likely N-dealkylation sites (tertiary alicyclic amines) is 1. The Labute approximate surface area is 199 Å². The summed E-state index contributed by atoms with van der Waals surface area (Å²) in [4.78, 5) is 36.2. The van der Waals surface area contributed by atoms with Gasteiger partial charge in [-0.25, -0.2) is 4.98 Å². The summed E-state index contributed by atoms with van der Waals surface area (Å²) in [5.74, 6) is 1.79. The topological polar surface area (TPSA) is 70.9 Å². The number of imidazole rings is 1. The Morgan fingerprint density at radius 1 is 0.912 bits per heavy atom. The van der Waals surface area contributed by atoms with Crippen LogP contribution in [0, 0.1) is 0 Å². The molecule has 8 heteroatoms. The van der Waals surface area contributed by atoms with Crippen LogP contribution in [0.15, 0.2) is 48.5 Å². The third-order valence-electron chi connectivity index (χ3n) is 6.81. The Bertz CT molecular complexity index is 1160. The van der Waals surface area contributed by atoms with E-state index in [4.69, 9.17) is 9.72 Å². The third-order valence-corrected chi connectivity index (χ3v) is 6.81. The first-order valence-corrected chi connectivity index (χ1v) is 12.0. The van der Waals surface area contributed by atoms with Crippen molar-refractivity contribution >= 4 is 22.8 Å². The van der Waals surface area contributed by atoms with Crippen molar-refractivity contribution in [2.75, 3.05) is 45.9 Å². The summed E-state index contributed by atoms with van der Waals surface area (Å²) >= 11 is 0. The molecule has 2 aliphatic rings. The summed E-state index contributed by atoms with van der Waals surface area (Å²) in [5, 5.41) is 0.